The summed E-state index contributed by atoms with van der Waals surface area (Å²) < 4.78 is 32.9. The van der Waals surface area contributed by atoms with Crippen molar-refractivity contribution in [3.8, 4) is 5.75 Å². The minimum Gasteiger partial charge on any atom is -0.484 e. The van der Waals surface area contributed by atoms with Crippen LogP contribution < -0.4 is 20.2 Å². The summed E-state index contributed by atoms with van der Waals surface area (Å²) in [7, 11) is -4.07. The van der Waals surface area contributed by atoms with Crippen molar-refractivity contribution in [3.05, 3.63) is 88.9 Å². The Morgan fingerprint density at radius 2 is 1.74 bits per heavy atom. The molecule has 3 N–H and O–H groups in total. The third-order valence-corrected chi connectivity index (χ3v) is 6.97. The Labute approximate surface area is 208 Å². The quantitative estimate of drug-likeness (QED) is 0.317. The average molecular weight is 515 g/mol. The number of hydrazone groups is 1. The van der Waals surface area contributed by atoms with Crippen LogP contribution in [0.1, 0.15) is 11.1 Å². The number of anilines is 1. The molecule has 0 unspecified atom stereocenters. The first kappa shape index (κ1) is 25.7. The molecule has 0 saturated carbocycles. The number of carbonyl (C=O) groups is 2. The van der Waals surface area contributed by atoms with Gasteiger partial charge in [-0.1, -0.05) is 35.9 Å². The molecule has 35 heavy (non-hydrogen) atoms. The summed E-state index contributed by atoms with van der Waals surface area (Å²) in [4.78, 5) is 23.5. The maximum absolute atomic E-state index is 13.4. The maximum atomic E-state index is 13.4. The number of primary amides is 1. The van der Waals surface area contributed by atoms with Gasteiger partial charge in [-0.05, 0) is 66.6 Å². The highest BCUT2D eigenvalue weighted by Gasteiger charge is 2.28. The fraction of sp³-hybridized carbons (Fsp3) is 0.125. The fourth-order valence-electron chi connectivity index (χ4n) is 3.03. The summed E-state index contributed by atoms with van der Waals surface area (Å²) in [6.45, 7) is 0.922. The van der Waals surface area contributed by atoms with Crippen molar-refractivity contribution < 1.29 is 22.7 Å². The molecule has 0 saturated heterocycles. The predicted octanol–water partition coefficient (Wildman–Crippen LogP) is 2.86. The summed E-state index contributed by atoms with van der Waals surface area (Å²) in [5, 5.41) is 4.27. The van der Waals surface area contributed by atoms with E-state index < -0.39 is 28.4 Å². The number of sulfonamides is 1. The highest BCUT2D eigenvalue weighted by Crippen LogP contribution is 2.30. The first-order chi connectivity index (χ1) is 16.7. The van der Waals surface area contributed by atoms with Gasteiger partial charge in [-0.2, -0.15) is 5.10 Å². The van der Waals surface area contributed by atoms with E-state index in [1.807, 2.05) is 0 Å². The smallest absolute Gasteiger partial charge is 0.264 e. The lowest BCUT2D eigenvalue weighted by Crippen LogP contribution is -2.40. The first-order valence-corrected chi connectivity index (χ1v) is 12.2. The number of nitrogens with one attached hydrogen (secondary N) is 1. The Bertz CT molecular complexity index is 1330. The first-order valence-electron chi connectivity index (χ1n) is 10.3. The number of hydrogen-bond donors (Lipinski definition) is 2. The minimum absolute atomic E-state index is 0.0364. The van der Waals surface area contributed by atoms with Gasteiger partial charge < -0.3 is 10.5 Å². The molecule has 11 heteroatoms. The largest absolute Gasteiger partial charge is 0.484 e. The number of ether oxygens (including phenoxy) is 1. The third kappa shape index (κ3) is 6.81. The van der Waals surface area contributed by atoms with Crippen molar-refractivity contribution in [2.24, 2.45) is 10.8 Å². The Balaban J connectivity index is 1.76. The molecule has 0 aromatic heterocycles. The van der Waals surface area contributed by atoms with Gasteiger partial charge in [0.1, 0.15) is 12.3 Å². The van der Waals surface area contributed by atoms with Gasteiger partial charge in [0.15, 0.2) is 6.61 Å². The lowest BCUT2D eigenvalue weighted by atomic mass is 10.2. The van der Waals surface area contributed by atoms with Gasteiger partial charge >= 0.3 is 0 Å². The topological polar surface area (TPSA) is 131 Å². The molecule has 0 aliphatic carbocycles. The van der Waals surface area contributed by atoms with Gasteiger partial charge in [-0.15, -0.1) is 0 Å². The highest BCUT2D eigenvalue weighted by molar-refractivity contribution is 7.92. The van der Waals surface area contributed by atoms with Gasteiger partial charge in [0.05, 0.1) is 16.8 Å². The molecule has 3 aromatic rings. The van der Waals surface area contributed by atoms with Crippen LogP contribution in [0.4, 0.5) is 5.69 Å². The molecule has 182 valence electrons. The van der Waals surface area contributed by atoms with E-state index >= 15 is 0 Å². The lowest BCUT2D eigenvalue weighted by Gasteiger charge is -2.25. The van der Waals surface area contributed by atoms with Crippen molar-refractivity contribution in [1.82, 2.24) is 5.43 Å². The molecule has 2 amide bonds. The molecule has 3 rings (SSSR count). The summed E-state index contributed by atoms with van der Waals surface area (Å²) in [6, 6.07) is 19.2. The van der Waals surface area contributed by atoms with Crippen LogP contribution in [0.15, 0.2) is 82.8 Å². The van der Waals surface area contributed by atoms with Crippen molar-refractivity contribution in [2.45, 2.75) is 11.8 Å². The molecule has 0 heterocycles. The van der Waals surface area contributed by atoms with E-state index in [2.05, 4.69) is 10.5 Å². The summed E-state index contributed by atoms with van der Waals surface area (Å²) in [5.74, 6) is -0.792. The molecular weight excluding hydrogens is 492 g/mol. The van der Waals surface area contributed by atoms with Crippen LogP contribution in [-0.4, -0.2) is 39.6 Å². The zero-order valence-electron chi connectivity index (χ0n) is 18.7. The second kappa shape index (κ2) is 11.5. The van der Waals surface area contributed by atoms with Crippen LogP contribution >= 0.6 is 11.6 Å². The molecule has 0 atom stereocenters. The number of halogens is 1. The van der Waals surface area contributed by atoms with Crippen LogP contribution in [-0.2, 0) is 19.6 Å². The summed E-state index contributed by atoms with van der Waals surface area (Å²) in [5.41, 5.74) is 8.82. The van der Waals surface area contributed by atoms with Crippen LogP contribution in [0.5, 0.6) is 5.75 Å². The number of benzene rings is 3. The predicted molar refractivity (Wildman–Crippen MR) is 134 cm³/mol. The number of nitrogens with zero attached hydrogens (tertiary/aromatic N) is 2. The normalized spacial score (nSPS) is 11.3. The van der Waals surface area contributed by atoms with Gasteiger partial charge in [0.25, 0.3) is 21.8 Å². The monoisotopic (exact) mass is 514 g/mol. The minimum atomic E-state index is -4.07. The fourth-order valence-corrected chi connectivity index (χ4v) is 4.70. The molecule has 9 nitrogen and oxygen atoms in total. The van der Waals surface area contributed by atoms with E-state index in [1.54, 1.807) is 67.6 Å². The van der Waals surface area contributed by atoms with E-state index in [9.17, 15) is 18.0 Å². The van der Waals surface area contributed by atoms with Crippen LogP contribution in [0.2, 0.25) is 5.02 Å². The van der Waals surface area contributed by atoms with Gasteiger partial charge in [0, 0.05) is 5.02 Å². The van der Waals surface area contributed by atoms with Crippen molar-refractivity contribution in [3.63, 3.8) is 0 Å². The maximum Gasteiger partial charge on any atom is 0.264 e. The Morgan fingerprint density at radius 1 is 1.06 bits per heavy atom. The second-order valence-electron chi connectivity index (χ2n) is 7.33. The van der Waals surface area contributed by atoms with E-state index in [-0.39, 0.29) is 17.2 Å². The number of nitrogens with two attached hydrogens (primary N) is 1. The van der Waals surface area contributed by atoms with Crippen molar-refractivity contribution >= 4 is 45.3 Å². The van der Waals surface area contributed by atoms with Crippen LogP contribution in [0.3, 0.4) is 0 Å². The highest BCUT2D eigenvalue weighted by atomic mass is 35.5. The molecule has 0 spiro atoms. The zero-order chi connectivity index (χ0) is 25.4. The van der Waals surface area contributed by atoms with Crippen molar-refractivity contribution in [1.29, 1.82) is 0 Å². The Kier molecular flexibility index (Phi) is 8.45. The van der Waals surface area contributed by atoms with Gasteiger partial charge in [-0.25, -0.2) is 13.8 Å². The second-order valence-corrected chi connectivity index (χ2v) is 9.60. The number of carbonyl (C=O) groups excluding carboxylic acids is 2. The molecule has 3 aromatic carbocycles. The Hall–Kier alpha value is -3.89. The molecule has 0 aliphatic heterocycles. The average Bonchev–Trinajstić information content (AvgIpc) is 2.84. The molecule has 0 fully saturated rings. The lowest BCUT2D eigenvalue weighted by molar-refractivity contribution is -0.120. The molecule has 0 aliphatic rings. The van der Waals surface area contributed by atoms with Crippen molar-refractivity contribution in [2.75, 3.05) is 17.5 Å². The number of amides is 2. The molecular formula is C24H23ClN4O5S. The van der Waals surface area contributed by atoms with Crippen LogP contribution in [0, 0.1) is 6.92 Å². The van der Waals surface area contributed by atoms with E-state index in [0.717, 1.165) is 4.31 Å². The molecule has 0 bridgehead atoms. The number of hydrogen-bond acceptors (Lipinski definition) is 6. The molecule has 0 radical (unpaired) electrons. The summed E-state index contributed by atoms with van der Waals surface area (Å²) >= 11 is 6.21. The third-order valence-electron chi connectivity index (χ3n) is 4.79. The van der Waals surface area contributed by atoms with E-state index in [4.69, 9.17) is 22.1 Å². The Morgan fingerprint density at radius 3 is 2.40 bits per heavy atom. The summed E-state index contributed by atoms with van der Waals surface area (Å²) in [6.07, 6.45) is 1.39. The zero-order valence-corrected chi connectivity index (χ0v) is 20.3. The van der Waals surface area contributed by atoms with Crippen LogP contribution in [0.25, 0.3) is 0 Å². The SMILES string of the molecule is Cc1c(Cl)cccc1N(CC(=O)N/N=C\c1ccc(OCC(N)=O)cc1)S(=O)(=O)c1ccccc1. The van der Waals surface area contributed by atoms with E-state index in [1.165, 1.54) is 18.3 Å². The number of rotatable bonds is 10. The van der Waals surface area contributed by atoms with Gasteiger partial charge in [0.2, 0.25) is 0 Å². The van der Waals surface area contributed by atoms with Gasteiger partial charge in [-0.3, -0.25) is 13.9 Å². The van der Waals surface area contributed by atoms with E-state index in [0.29, 0.717) is 21.9 Å². The standard InChI is InChI=1S/C24H23ClN4O5S/c1-17-21(25)8-5-9-22(17)29(35(32,33)20-6-3-2-4-7-20)15-24(31)28-27-14-18-10-12-19(13-11-18)34-16-23(26)30/h2-14H,15-16H2,1H3,(H2,26,30)(H,28,31)/b27-14-.